The van der Waals surface area contributed by atoms with E-state index in [1.54, 1.807) is 45.0 Å². The van der Waals surface area contributed by atoms with Crippen molar-refractivity contribution >= 4 is 35.6 Å². The second-order valence-corrected chi connectivity index (χ2v) is 13.2. The minimum Gasteiger partial charge on any atom is -0.444 e. The number of hydrogen-bond acceptors (Lipinski definition) is 10. The summed E-state index contributed by atoms with van der Waals surface area (Å²) in [6.07, 6.45) is 0.780. The largest absolute Gasteiger partial charge is 0.444 e. The highest BCUT2D eigenvalue weighted by Gasteiger charge is 2.35. The van der Waals surface area contributed by atoms with Gasteiger partial charge in [-0.1, -0.05) is 87.9 Å². The number of nitrogens with two attached hydrogens (primary N) is 2. The van der Waals surface area contributed by atoms with Gasteiger partial charge < -0.3 is 31.9 Å². The van der Waals surface area contributed by atoms with Gasteiger partial charge >= 0.3 is 6.09 Å². The molecule has 51 heavy (non-hydrogen) atoms. The highest BCUT2D eigenvalue weighted by molar-refractivity contribution is 6.00. The van der Waals surface area contributed by atoms with E-state index in [1.807, 2.05) is 36.4 Å². The van der Waals surface area contributed by atoms with Gasteiger partial charge in [0.25, 0.3) is 0 Å². The Balaban J connectivity index is 2.04. The number of rotatable bonds is 19. The summed E-state index contributed by atoms with van der Waals surface area (Å²) in [5.41, 5.74) is 13.3. The van der Waals surface area contributed by atoms with Gasteiger partial charge in [-0.05, 0) is 50.2 Å². The first-order chi connectivity index (χ1) is 24.2. The average Bonchev–Trinajstić information content (AvgIpc) is 3.11. The highest BCUT2D eigenvalue weighted by atomic mass is 16.6. The number of hydrogen-bond donors (Lipinski definition) is 6. The molecule has 2 aromatic carbocycles. The predicted octanol–water partition coefficient (Wildman–Crippen LogP) is 1.91. The third-order valence-corrected chi connectivity index (χ3v) is 8.39. The number of aliphatic hydroxyl groups is 1. The smallest absolute Gasteiger partial charge is 0.417 e. The lowest BCUT2D eigenvalue weighted by Gasteiger charge is -2.29. The van der Waals surface area contributed by atoms with Crippen LogP contribution in [0.1, 0.15) is 71.4 Å². The normalized spacial score (nSPS) is 14.6. The molecule has 8 N–H and O–H groups in total. The molecule has 0 radical (unpaired) electrons. The number of benzene rings is 2. The Hall–Kier alpha value is -4.66. The third kappa shape index (κ3) is 14.2. The van der Waals surface area contributed by atoms with E-state index in [0.717, 1.165) is 10.5 Å². The van der Waals surface area contributed by atoms with Crippen LogP contribution in [0.15, 0.2) is 60.7 Å². The molecule has 6 amide bonds. The van der Waals surface area contributed by atoms with Crippen molar-refractivity contribution in [3.63, 3.8) is 0 Å². The van der Waals surface area contributed by atoms with Crippen LogP contribution in [0.3, 0.4) is 0 Å². The lowest BCUT2D eigenvalue weighted by molar-refractivity contribution is -0.139. The number of imide groups is 2. The van der Waals surface area contributed by atoms with Crippen LogP contribution in [0.5, 0.6) is 0 Å². The van der Waals surface area contributed by atoms with Crippen molar-refractivity contribution < 1.29 is 38.6 Å². The summed E-state index contributed by atoms with van der Waals surface area (Å²) < 4.78 is 5.37. The van der Waals surface area contributed by atoms with Crippen molar-refractivity contribution in [1.29, 1.82) is 0 Å². The molecule has 0 fully saturated rings. The second-order valence-electron chi connectivity index (χ2n) is 13.2. The maximum Gasteiger partial charge on any atom is 0.417 e. The summed E-state index contributed by atoms with van der Waals surface area (Å²) in [6, 6.07) is 13.6. The van der Waals surface area contributed by atoms with E-state index in [9.17, 15) is 33.9 Å². The van der Waals surface area contributed by atoms with Gasteiger partial charge in [0.1, 0.15) is 18.7 Å². The van der Waals surface area contributed by atoms with Crippen molar-refractivity contribution in [2.45, 2.75) is 104 Å². The summed E-state index contributed by atoms with van der Waals surface area (Å²) in [4.78, 5) is 78.4. The zero-order chi connectivity index (χ0) is 38.1. The fraction of sp³-hybridized carbons (Fsp3) is 0.514. The molecular weight excluding hydrogens is 656 g/mol. The van der Waals surface area contributed by atoms with Crippen molar-refractivity contribution in [2.75, 3.05) is 6.61 Å². The Kier molecular flexibility index (Phi) is 17.9. The fourth-order valence-electron chi connectivity index (χ4n) is 5.12. The van der Waals surface area contributed by atoms with Gasteiger partial charge in [-0.15, -0.1) is 0 Å². The molecule has 0 aliphatic heterocycles. The number of carbonyl (C=O) groups excluding carboxylic acids is 6. The Morgan fingerprint density at radius 1 is 0.784 bits per heavy atom. The van der Waals surface area contributed by atoms with Crippen LogP contribution in [-0.4, -0.2) is 82.5 Å². The fourth-order valence-corrected chi connectivity index (χ4v) is 5.12. The summed E-state index contributed by atoms with van der Waals surface area (Å²) in [6.45, 7) is 7.49. The minimum atomic E-state index is -1.24. The molecule has 0 saturated carbocycles. The molecule has 0 aliphatic rings. The Morgan fingerprint density at radius 2 is 1.37 bits per heavy atom. The molecule has 0 saturated heterocycles. The van der Waals surface area contributed by atoms with Gasteiger partial charge in [-0.2, -0.15) is 0 Å². The molecule has 2 aromatic rings. The van der Waals surface area contributed by atoms with E-state index < -0.39 is 71.8 Å². The number of nitrogens with zero attached hydrogens (tertiary/aromatic N) is 1. The number of nitrogens with one attached hydrogen (secondary N) is 3. The second kappa shape index (κ2) is 21.5. The van der Waals surface area contributed by atoms with Crippen LogP contribution in [0.25, 0.3) is 0 Å². The predicted molar refractivity (Wildman–Crippen MR) is 191 cm³/mol. The van der Waals surface area contributed by atoms with Gasteiger partial charge in [-0.3, -0.25) is 29.3 Å². The van der Waals surface area contributed by atoms with Gasteiger partial charge in [0.2, 0.25) is 29.5 Å². The van der Waals surface area contributed by atoms with E-state index in [1.165, 1.54) is 13.8 Å². The summed E-state index contributed by atoms with van der Waals surface area (Å²) in [5, 5.41) is 17.2. The lowest BCUT2D eigenvalue weighted by atomic mass is 9.99. The Bertz CT molecular complexity index is 1440. The molecule has 6 atom stereocenters. The quantitative estimate of drug-likeness (QED) is 0.116. The molecule has 14 heteroatoms. The van der Waals surface area contributed by atoms with E-state index in [4.69, 9.17) is 16.2 Å². The SMILES string of the molecule is CC(C)C(NC(=O)C(N)C(C)CO)C(=O)NC(=O)CCCC[C@@H](Cc1ccccc1)NC(=O)[C@H](C)N(C(=O)OCc1ccccc1)C(=O)[C@H](C)N. The van der Waals surface area contributed by atoms with Crippen LogP contribution in [0, 0.1) is 11.8 Å². The Morgan fingerprint density at radius 3 is 1.92 bits per heavy atom. The van der Waals surface area contributed by atoms with Crippen molar-refractivity contribution in [2.24, 2.45) is 23.3 Å². The molecule has 0 aromatic heterocycles. The molecule has 280 valence electrons. The maximum absolute atomic E-state index is 13.5. The molecule has 0 aliphatic carbocycles. The summed E-state index contributed by atoms with van der Waals surface area (Å²) in [7, 11) is 0. The zero-order valence-electron chi connectivity index (χ0n) is 30.2. The zero-order valence-corrected chi connectivity index (χ0v) is 30.2. The van der Waals surface area contributed by atoms with E-state index in [0.29, 0.717) is 31.2 Å². The van der Waals surface area contributed by atoms with Gasteiger partial charge in [0, 0.05) is 25.0 Å². The number of amides is 6. The molecule has 14 nitrogen and oxygen atoms in total. The molecule has 2 rings (SSSR count). The topological polar surface area (TPSA) is 223 Å². The number of unbranched alkanes of at least 4 members (excludes halogenated alkanes) is 1. The molecule has 0 bridgehead atoms. The average molecular weight is 711 g/mol. The molecule has 0 spiro atoms. The monoisotopic (exact) mass is 710 g/mol. The van der Waals surface area contributed by atoms with Crippen LogP contribution >= 0.6 is 0 Å². The highest BCUT2D eigenvalue weighted by Crippen LogP contribution is 2.14. The van der Waals surface area contributed by atoms with Crippen LogP contribution in [0.2, 0.25) is 0 Å². The van der Waals surface area contributed by atoms with E-state index >= 15 is 0 Å². The maximum atomic E-state index is 13.5. The molecular formula is C37H54N6O8. The third-order valence-electron chi connectivity index (χ3n) is 8.39. The van der Waals surface area contributed by atoms with Gasteiger partial charge in [0.05, 0.1) is 12.1 Å². The number of carbonyl (C=O) groups is 6. The first kappa shape index (κ1) is 42.5. The van der Waals surface area contributed by atoms with Gasteiger partial charge in [0.15, 0.2) is 0 Å². The summed E-state index contributed by atoms with van der Waals surface area (Å²) in [5.74, 6) is -4.00. The summed E-state index contributed by atoms with van der Waals surface area (Å²) >= 11 is 0. The standard InChI is InChI=1S/C37H54N6O8/c1-23(2)32(42-34(47)31(39)24(3)21-44)35(48)41-30(45)19-13-12-18-29(20-27-14-8-6-9-15-27)40-33(46)26(5)43(36(49)25(4)38)37(50)51-22-28-16-10-7-11-17-28/h6-11,14-17,23-26,29,31-32,44H,12-13,18-22,38-39H2,1-5H3,(H,40,46)(H,42,47)(H,41,45,48)/t24?,25-,26-,29-,31?,32?/m0/s1. The van der Waals surface area contributed by atoms with Crippen molar-refractivity contribution in [1.82, 2.24) is 20.9 Å². The van der Waals surface area contributed by atoms with Crippen LogP contribution in [0.4, 0.5) is 4.79 Å². The molecule has 3 unspecified atom stereocenters. The first-order valence-electron chi connectivity index (χ1n) is 17.3. The number of aliphatic hydroxyl groups excluding tert-OH is 1. The van der Waals surface area contributed by atoms with E-state index in [-0.39, 0.29) is 25.6 Å². The first-order valence-corrected chi connectivity index (χ1v) is 17.3. The van der Waals surface area contributed by atoms with Gasteiger partial charge in [-0.25, -0.2) is 9.69 Å². The van der Waals surface area contributed by atoms with E-state index in [2.05, 4.69) is 16.0 Å². The minimum absolute atomic E-state index is 0.0118. The Labute approximate surface area is 300 Å². The van der Waals surface area contributed by atoms with Crippen molar-refractivity contribution in [3.05, 3.63) is 71.8 Å². The van der Waals surface area contributed by atoms with Crippen LogP contribution < -0.4 is 27.4 Å². The molecule has 0 heterocycles. The van der Waals surface area contributed by atoms with Crippen LogP contribution in [-0.2, 0) is 41.7 Å². The van der Waals surface area contributed by atoms with Crippen molar-refractivity contribution in [3.8, 4) is 0 Å². The number of ether oxygens (including phenoxy) is 1. The lowest BCUT2D eigenvalue weighted by Crippen LogP contribution is -2.56.